The Labute approximate surface area is 89.6 Å². The largest absolute Gasteiger partial charge is 0.297 e. The number of halogens is 2. The zero-order valence-electron chi connectivity index (χ0n) is 6.90. The average Bonchev–Trinajstić information content (AvgIpc) is 2.02. The predicted octanol–water partition coefficient (Wildman–Crippen LogP) is 2.57. The Balaban J connectivity index is 2.72. The van der Waals surface area contributed by atoms with Gasteiger partial charge in [-0.3, -0.25) is 15.6 Å². The van der Waals surface area contributed by atoms with Crippen LogP contribution in [0.25, 0.3) is 0 Å². The van der Waals surface area contributed by atoms with Gasteiger partial charge in [-0.15, -0.1) is 0 Å². The molecule has 0 aliphatic rings. The zero-order chi connectivity index (χ0) is 9.84. The van der Waals surface area contributed by atoms with Gasteiger partial charge in [0.1, 0.15) is 0 Å². The summed E-state index contributed by atoms with van der Waals surface area (Å²) in [6.07, 6.45) is 0. The number of hydrogen-bond acceptors (Lipinski definition) is 2. The maximum atomic E-state index is 10.6. The lowest BCUT2D eigenvalue weighted by molar-refractivity contribution is -0.118. The molecule has 0 radical (unpaired) electrons. The molecule has 1 aromatic carbocycles. The lowest BCUT2D eigenvalue weighted by Crippen LogP contribution is -2.26. The number of rotatable bonds is 2. The van der Waals surface area contributed by atoms with Gasteiger partial charge < -0.3 is 0 Å². The molecule has 0 saturated carbocycles. The molecule has 5 heteroatoms. The van der Waals surface area contributed by atoms with Gasteiger partial charge in [0, 0.05) is 11.4 Å². The normalized spacial score (nSPS) is 9.46. The Morgan fingerprint density at radius 3 is 2.77 bits per heavy atom. The topological polar surface area (TPSA) is 41.1 Å². The summed E-state index contributed by atoms with van der Waals surface area (Å²) in [6.45, 7) is 1.42. The van der Waals surface area contributed by atoms with Crippen molar-refractivity contribution in [1.82, 2.24) is 5.43 Å². The van der Waals surface area contributed by atoms with E-state index < -0.39 is 0 Å². The molecule has 0 fully saturated rings. The molecule has 0 aromatic heterocycles. The van der Waals surface area contributed by atoms with Crippen LogP contribution in [0, 0.1) is 0 Å². The minimum Gasteiger partial charge on any atom is -0.297 e. The summed E-state index contributed by atoms with van der Waals surface area (Å²) >= 11 is 9.15. The number of anilines is 1. The highest BCUT2D eigenvalue weighted by atomic mass is 79.9. The molecule has 0 heterocycles. The van der Waals surface area contributed by atoms with Gasteiger partial charge >= 0.3 is 0 Å². The van der Waals surface area contributed by atoms with Crippen LogP contribution in [-0.2, 0) is 4.79 Å². The first-order chi connectivity index (χ1) is 6.09. The summed E-state index contributed by atoms with van der Waals surface area (Å²) in [5.74, 6) is -0.168. The first-order valence-electron chi connectivity index (χ1n) is 3.57. The van der Waals surface area contributed by atoms with E-state index in [4.69, 9.17) is 11.6 Å². The Morgan fingerprint density at radius 2 is 2.23 bits per heavy atom. The highest BCUT2D eigenvalue weighted by Gasteiger charge is 1.99. The minimum absolute atomic E-state index is 0.168. The first-order valence-corrected chi connectivity index (χ1v) is 4.74. The molecule has 0 atom stereocenters. The van der Waals surface area contributed by atoms with E-state index in [1.165, 1.54) is 6.92 Å². The van der Waals surface area contributed by atoms with Crippen molar-refractivity contribution in [2.24, 2.45) is 0 Å². The molecule has 0 aliphatic carbocycles. The lowest BCUT2D eigenvalue weighted by atomic mass is 10.3. The predicted molar refractivity (Wildman–Crippen MR) is 56.6 cm³/mol. The van der Waals surface area contributed by atoms with Crippen molar-refractivity contribution in [2.75, 3.05) is 5.43 Å². The molecule has 0 unspecified atom stereocenters. The summed E-state index contributed by atoms with van der Waals surface area (Å²) in [6, 6.07) is 5.34. The van der Waals surface area contributed by atoms with E-state index in [0.29, 0.717) is 10.7 Å². The van der Waals surface area contributed by atoms with Gasteiger partial charge in [-0.25, -0.2) is 0 Å². The van der Waals surface area contributed by atoms with E-state index in [1.54, 1.807) is 12.1 Å². The van der Waals surface area contributed by atoms with Gasteiger partial charge in [0.05, 0.1) is 10.7 Å². The first kappa shape index (κ1) is 10.3. The van der Waals surface area contributed by atoms with Gasteiger partial charge in [0.2, 0.25) is 5.91 Å². The molecule has 3 nitrogen and oxygen atoms in total. The van der Waals surface area contributed by atoms with E-state index in [9.17, 15) is 4.79 Å². The second-order valence-electron chi connectivity index (χ2n) is 2.43. The second-order valence-corrected chi connectivity index (χ2v) is 3.75. The Hall–Kier alpha value is -0.740. The van der Waals surface area contributed by atoms with Gasteiger partial charge in [0.25, 0.3) is 0 Å². The fourth-order valence-corrected chi connectivity index (χ4v) is 1.47. The van der Waals surface area contributed by atoms with Crippen LogP contribution in [0.4, 0.5) is 5.69 Å². The molecule has 0 saturated heterocycles. The molecule has 70 valence electrons. The van der Waals surface area contributed by atoms with Gasteiger partial charge in [0.15, 0.2) is 0 Å². The van der Waals surface area contributed by atoms with Crippen LogP contribution in [0.5, 0.6) is 0 Å². The molecule has 1 amide bonds. The summed E-state index contributed by atoms with van der Waals surface area (Å²) in [5, 5.41) is 0.545. The maximum absolute atomic E-state index is 10.6. The van der Waals surface area contributed by atoms with Crippen LogP contribution in [0.2, 0.25) is 5.02 Å². The highest BCUT2D eigenvalue weighted by molar-refractivity contribution is 9.10. The van der Waals surface area contributed by atoms with Gasteiger partial charge in [-0.2, -0.15) is 0 Å². The van der Waals surface area contributed by atoms with E-state index in [1.807, 2.05) is 6.07 Å². The summed E-state index contributed by atoms with van der Waals surface area (Å²) in [7, 11) is 0. The third-order valence-corrected chi connectivity index (χ3v) is 2.11. The van der Waals surface area contributed by atoms with Crippen LogP contribution >= 0.6 is 27.5 Å². The van der Waals surface area contributed by atoms with Crippen molar-refractivity contribution in [3.63, 3.8) is 0 Å². The van der Waals surface area contributed by atoms with E-state index >= 15 is 0 Å². The minimum atomic E-state index is -0.168. The average molecular weight is 264 g/mol. The standard InChI is InChI=1S/C8H8BrClN2O/c1-5(13)11-12-8-3-2-6(9)4-7(8)10/h2-4,12H,1H3,(H,11,13). The molecule has 1 aromatic rings. The maximum Gasteiger partial charge on any atom is 0.235 e. The van der Waals surface area contributed by atoms with Crippen molar-refractivity contribution >= 4 is 39.1 Å². The van der Waals surface area contributed by atoms with Crippen LogP contribution in [-0.4, -0.2) is 5.91 Å². The Bertz CT molecular complexity index is 330. The third-order valence-electron chi connectivity index (χ3n) is 1.30. The monoisotopic (exact) mass is 262 g/mol. The van der Waals surface area contributed by atoms with Crippen LogP contribution in [0.15, 0.2) is 22.7 Å². The number of hydrogen-bond donors (Lipinski definition) is 2. The number of benzene rings is 1. The number of hydrazine groups is 1. The molecule has 0 bridgehead atoms. The quantitative estimate of drug-likeness (QED) is 0.805. The molecule has 1 rings (SSSR count). The van der Waals surface area contributed by atoms with Crippen molar-refractivity contribution in [1.29, 1.82) is 0 Å². The number of carbonyl (C=O) groups excluding carboxylic acids is 1. The fraction of sp³-hybridized carbons (Fsp3) is 0.125. The van der Waals surface area contributed by atoms with Gasteiger partial charge in [-0.1, -0.05) is 27.5 Å². The smallest absolute Gasteiger partial charge is 0.235 e. The Morgan fingerprint density at radius 1 is 1.54 bits per heavy atom. The van der Waals surface area contributed by atoms with Crippen LogP contribution in [0.1, 0.15) is 6.92 Å². The summed E-state index contributed by atoms with van der Waals surface area (Å²) < 4.78 is 0.894. The zero-order valence-corrected chi connectivity index (χ0v) is 9.24. The highest BCUT2D eigenvalue weighted by Crippen LogP contribution is 2.24. The molecule has 0 spiro atoms. The van der Waals surface area contributed by atoms with Crippen molar-refractivity contribution in [2.45, 2.75) is 6.92 Å². The fourth-order valence-electron chi connectivity index (χ4n) is 0.746. The summed E-state index contributed by atoms with van der Waals surface area (Å²) in [4.78, 5) is 10.6. The Kier molecular flexibility index (Phi) is 3.57. The van der Waals surface area contributed by atoms with E-state index in [2.05, 4.69) is 26.8 Å². The van der Waals surface area contributed by atoms with Crippen molar-refractivity contribution in [3.05, 3.63) is 27.7 Å². The van der Waals surface area contributed by atoms with Crippen molar-refractivity contribution in [3.8, 4) is 0 Å². The molecule has 13 heavy (non-hydrogen) atoms. The van der Waals surface area contributed by atoms with E-state index in [-0.39, 0.29) is 5.91 Å². The van der Waals surface area contributed by atoms with Crippen molar-refractivity contribution < 1.29 is 4.79 Å². The number of nitrogens with one attached hydrogen (secondary N) is 2. The third kappa shape index (κ3) is 3.24. The van der Waals surface area contributed by atoms with Gasteiger partial charge in [-0.05, 0) is 18.2 Å². The van der Waals surface area contributed by atoms with Crippen LogP contribution < -0.4 is 10.9 Å². The van der Waals surface area contributed by atoms with E-state index in [0.717, 1.165) is 4.47 Å². The number of amides is 1. The lowest BCUT2D eigenvalue weighted by Gasteiger charge is -2.07. The summed E-state index contributed by atoms with van der Waals surface area (Å²) in [5.41, 5.74) is 5.79. The molecule has 0 aliphatic heterocycles. The second kappa shape index (κ2) is 4.48. The number of carbonyl (C=O) groups is 1. The SMILES string of the molecule is CC(=O)NNc1ccc(Br)cc1Cl. The molecular formula is C8H8BrClN2O. The molecule has 2 N–H and O–H groups in total. The van der Waals surface area contributed by atoms with Crippen LogP contribution in [0.3, 0.4) is 0 Å². The molecular weight excluding hydrogens is 255 g/mol.